The third-order valence-electron chi connectivity index (χ3n) is 3.70. The number of hydrogen-bond acceptors (Lipinski definition) is 8. The van der Waals surface area contributed by atoms with Crippen LogP contribution in [0.3, 0.4) is 0 Å². The first-order valence-electron chi connectivity index (χ1n) is 7.72. The van der Waals surface area contributed by atoms with Crippen molar-refractivity contribution in [3.8, 4) is 0 Å². The molecule has 3 aromatic heterocycles. The summed E-state index contributed by atoms with van der Waals surface area (Å²) in [6, 6.07) is 9.56. The van der Waals surface area contributed by atoms with E-state index >= 15 is 0 Å². The van der Waals surface area contributed by atoms with Crippen molar-refractivity contribution in [3.63, 3.8) is 0 Å². The Hall–Kier alpha value is -2.97. The van der Waals surface area contributed by atoms with Gasteiger partial charge in [-0.2, -0.15) is 0 Å². The zero-order chi connectivity index (χ0) is 18.1. The third-order valence-corrected chi connectivity index (χ3v) is 4.86. The molecule has 0 spiro atoms. The van der Waals surface area contributed by atoms with E-state index in [2.05, 4.69) is 30.6 Å². The largest absolute Gasteiger partial charge is 0.393 e. The lowest BCUT2D eigenvalue weighted by Gasteiger charge is -2.10. The number of rotatable bonds is 4. The Morgan fingerprint density at radius 1 is 1.04 bits per heavy atom. The number of fused-ring (bicyclic) bond motifs is 1. The van der Waals surface area contributed by atoms with Crippen molar-refractivity contribution in [1.82, 2.24) is 19.9 Å². The third kappa shape index (κ3) is 3.24. The second-order valence-electron chi connectivity index (χ2n) is 5.54. The van der Waals surface area contributed by atoms with Gasteiger partial charge in [-0.3, -0.25) is 0 Å². The van der Waals surface area contributed by atoms with Crippen molar-refractivity contribution in [2.75, 3.05) is 16.4 Å². The maximum atomic E-state index is 6.21. The van der Waals surface area contributed by atoms with Gasteiger partial charge in [0.2, 0.25) is 0 Å². The van der Waals surface area contributed by atoms with Gasteiger partial charge in [-0.1, -0.05) is 35.1 Å². The number of nitrogens with one attached hydrogen (secondary N) is 2. The first kappa shape index (κ1) is 16.5. The average molecular weight is 384 g/mol. The number of nitrogens with two attached hydrogens (primary N) is 1. The van der Waals surface area contributed by atoms with E-state index in [0.717, 1.165) is 20.9 Å². The number of pyridine rings is 1. The van der Waals surface area contributed by atoms with Gasteiger partial charge in [-0.15, -0.1) is 0 Å². The van der Waals surface area contributed by atoms with Crippen LogP contribution in [0.15, 0.2) is 42.9 Å². The lowest BCUT2D eigenvalue weighted by Crippen LogP contribution is -2.05. The van der Waals surface area contributed by atoms with Crippen LogP contribution in [0.5, 0.6) is 0 Å². The average Bonchev–Trinajstić information content (AvgIpc) is 3.04. The summed E-state index contributed by atoms with van der Waals surface area (Å²) in [5.74, 6) is 1.52. The molecule has 7 nitrogen and oxygen atoms in total. The molecule has 0 atom stereocenters. The molecule has 0 radical (unpaired) electrons. The molecule has 0 bridgehead atoms. The van der Waals surface area contributed by atoms with Gasteiger partial charge in [0, 0.05) is 6.20 Å². The molecule has 0 unspecified atom stereocenters. The molecule has 3 heterocycles. The normalized spacial score (nSPS) is 10.8. The molecule has 26 heavy (non-hydrogen) atoms. The monoisotopic (exact) mass is 383 g/mol. The highest BCUT2D eigenvalue weighted by Crippen LogP contribution is 2.32. The molecule has 9 heteroatoms. The highest BCUT2D eigenvalue weighted by atomic mass is 35.5. The van der Waals surface area contributed by atoms with Crippen molar-refractivity contribution in [2.24, 2.45) is 0 Å². The smallest absolute Gasteiger partial charge is 0.189 e. The number of anilines is 5. The van der Waals surface area contributed by atoms with Crippen LogP contribution in [0.1, 0.15) is 5.56 Å². The topological polar surface area (TPSA) is 102 Å². The number of nitrogens with zero attached hydrogens (tertiary/aromatic N) is 4. The van der Waals surface area contributed by atoms with Crippen molar-refractivity contribution >= 4 is 61.4 Å². The van der Waals surface area contributed by atoms with Crippen LogP contribution in [-0.2, 0) is 0 Å². The van der Waals surface area contributed by atoms with Gasteiger partial charge in [-0.25, -0.2) is 19.9 Å². The Labute approximate surface area is 158 Å². The second-order valence-corrected chi connectivity index (χ2v) is 7.00. The minimum Gasteiger partial charge on any atom is -0.393 e. The predicted octanol–water partition coefficient (Wildman–Crippen LogP) is 4.51. The fourth-order valence-electron chi connectivity index (χ4n) is 2.41. The fraction of sp³-hybridized carbons (Fsp3) is 0.0588. The van der Waals surface area contributed by atoms with E-state index in [-0.39, 0.29) is 0 Å². The summed E-state index contributed by atoms with van der Waals surface area (Å²) in [7, 11) is 0. The predicted molar refractivity (Wildman–Crippen MR) is 107 cm³/mol. The molecule has 0 fully saturated rings. The molecule has 1 aromatic carbocycles. The molecule has 0 aliphatic heterocycles. The molecule has 0 saturated carbocycles. The van der Waals surface area contributed by atoms with E-state index in [1.54, 1.807) is 29.7 Å². The molecular weight excluding hydrogens is 370 g/mol. The Bertz CT molecular complexity index is 1080. The van der Waals surface area contributed by atoms with Crippen LogP contribution in [0.25, 0.3) is 10.2 Å². The lowest BCUT2D eigenvalue weighted by molar-refractivity contribution is 1.16. The molecule has 4 aromatic rings. The molecular formula is C17H14ClN7S. The van der Waals surface area contributed by atoms with Crippen molar-refractivity contribution in [1.29, 1.82) is 0 Å². The summed E-state index contributed by atoms with van der Waals surface area (Å²) in [5.41, 5.74) is 8.67. The van der Waals surface area contributed by atoms with Gasteiger partial charge in [0.25, 0.3) is 0 Å². The number of benzene rings is 1. The Morgan fingerprint density at radius 3 is 2.58 bits per heavy atom. The molecule has 0 saturated heterocycles. The van der Waals surface area contributed by atoms with E-state index < -0.39 is 0 Å². The zero-order valence-corrected chi connectivity index (χ0v) is 15.3. The standard InChI is InChI=1S/C17H14ClN7S/c1-9-3-2-4-11-14(9)24-17(26-11)25-16-13(19)15(21-8-22-16)23-12-6-5-10(18)7-20-12/h2-8H,19H2,1H3,(H2,20,21,22,23,24,25). The molecule has 0 aliphatic carbocycles. The number of thiazole rings is 1. The summed E-state index contributed by atoms with van der Waals surface area (Å²) in [6.07, 6.45) is 2.97. The van der Waals surface area contributed by atoms with Crippen LogP contribution in [-0.4, -0.2) is 19.9 Å². The number of hydrogen-bond donors (Lipinski definition) is 3. The summed E-state index contributed by atoms with van der Waals surface area (Å²) < 4.78 is 1.10. The van der Waals surface area contributed by atoms with Gasteiger partial charge in [-0.05, 0) is 30.7 Å². The zero-order valence-electron chi connectivity index (χ0n) is 13.7. The molecule has 4 N–H and O–H groups in total. The van der Waals surface area contributed by atoms with Crippen LogP contribution in [0, 0.1) is 6.92 Å². The Morgan fingerprint density at radius 2 is 1.85 bits per heavy atom. The van der Waals surface area contributed by atoms with Crippen molar-refractivity contribution in [3.05, 3.63) is 53.4 Å². The summed E-state index contributed by atoms with van der Waals surface area (Å²) >= 11 is 7.39. The van der Waals surface area contributed by atoms with Crippen LogP contribution in [0.4, 0.5) is 28.3 Å². The number of aryl methyl sites for hydroxylation is 1. The highest BCUT2D eigenvalue weighted by Gasteiger charge is 2.12. The molecule has 0 amide bonds. The van der Waals surface area contributed by atoms with E-state index in [1.165, 1.54) is 6.33 Å². The second kappa shape index (κ2) is 6.74. The van der Waals surface area contributed by atoms with E-state index in [4.69, 9.17) is 17.3 Å². The molecule has 130 valence electrons. The number of aromatic nitrogens is 4. The fourth-order valence-corrected chi connectivity index (χ4v) is 3.46. The van der Waals surface area contributed by atoms with Crippen molar-refractivity contribution < 1.29 is 0 Å². The molecule has 4 rings (SSSR count). The molecule has 0 aliphatic rings. The summed E-state index contributed by atoms with van der Waals surface area (Å²) in [6.45, 7) is 2.03. The Balaban J connectivity index is 1.62. The van der Waals surface area contributed by atoms with Crippen molar-refractivity contribution in [2.45, 2.75) is 6.92 Å². The van der Waals surface area contributed by atoms with E-state index in [9.17, 15) is 0 Å². The SMILES string of the molecule is Cc1cccc2sc(Nc3ncnc(Nc4ccc(Cl)cn4)c3N)nc12. The quantitative estimate of drug-likeness (QED) is 0.476. The summed E-state index contributed by atoms with van der Waals surface area (Å²) in [5, 5.41) is 7.51. The van der Waals surface area contributed by atoms with Crippen LogP contribution < -0.4 is 16.4 Å². The minimum atomic E-state index is 0.375. The minimum absolute atomic E-state index is 0.375. The van der Waals surface area contributed by atoms with Crippen LogP contribution in [0.2, 0.25) is 5.02 Å². The lowest BCUT2D eigenvalue weighted by atomic mass is 10.2. The van der Waals surface area contributed by atoms with Gasteiger partial charge >= 0.3 is 0 Å². The highest BCUT2D eigenvalue weighted by molar-refractivity contribution is 7.22. The number of para-hydroxylation sites is 1. The van der Waals surface area contributed by atoms with E-state index in [0.29, 0.717) is 28.2 Å². The Kier molecular flexibility index (Phi) is 4.27. The summed E-state index contributed by atoms with van der Waals surface area (Å²) in [4.78, 5) is 17.2. The van der Waals surface area contributed by atoms with E-state index in [1.807, 2.05) is 25.1 Å². The maximum Gasteiger partial charge on any atom is 0.189 e. The number of halogens is 1. The van der Waals surface area contributed by atoms with Gasteiger partial charge < -0.3 is 16.4 Å². The first-order chi connectivity index (χ1) is 12.6. The number of nitrogen functional groups attached to an aromatic ring is 1. The van der Waals surface area contributed by atoms with Gasteiger partial charge in [0.05, 0.1) is 15.2 Å². The van der Waals surface area contributed by atoms with Crippen LogP contribution >= 0.6 is 22.9 Å². The van der Waals surface area contributed by atoms with Gasteiger partial charge in [0.15, 0.2) is 16.8 Å². The maximum absolute atomic E-state index is 6.21. The van der Waals surface area contributed by atoms with Gasteiger partial charge in [0.1, 0.15) is 17.8 Å². The first-order valence-corrected chi connectivity index (χ1v) is 8.92.